The molecule has 2 aromatic heterocycles. The maximum Gasteiger partial charge on any atom is 0.341 e. The van der Waals surface area contributed by atoms with Crippen molar-refractivity contribution in [2.75, 3.05) is 25.5 Å². The lowest BCUT2D eigenvalue weighted by atomic mass is 10.1. The van der Waals surface area contributed by atoms with Crippen LogP contribution in [0.4, 0.5) is 10.7 Å². The van der Waals surface area contributed by atoms with E-state index in [4.69, 9.17) is 14.6 Å². The number of fused-ring (bicyclic) bond motifs is 1. The molecule has 0 saturated carbocycles. The summed E-state index contributed by atoms with van der Waals surface area (Å²) in [5.41, 5.74) is -0.266. The molecule has 3 rings (SSSR count). The highest BCUT2D eigenvalue weighted by atomic mass is 32.1. The number of benzene rings is 1. The Morgan fingerprint density at radius 3 is 2.50 bits per heavy atom. The Hall–Kier alpha value is -4.06. The number of esters is 1. The average molecular weight is 487 g/mol. The normalized spacial score (nSPS) is 10.7. The highest BCUT2D eigenvalue weighted by molar-refractivity contribution is 7.18. The summed E-state index contributed by atoms with van der Waals surface area (Å²) in [6, 6.07) is 5.10. The van der Waals surface area contributed by atoms with Crippen LogP contribution in [0.5, 0.6) is 0 Å². The Kier molecular flexibility index (Phi) is 7.11. The van der Waals surface area contributed by atoms with Crippen LogP contribution >= 0.6 is 11.3 Å². The van der Waals surface area contributed by atoms with Crippen LogP contribution in [-0.2, 0) is 4.74 Å². The van der Waals surface area contributed by atoms with Crippen LogP contribution in [0, 0.1) is 22.4 Å². The van der Waals surface area contributed by atoms with Crippen molar-refractivity contribution in [3.05, 3.63) is 61.5 Å². The van der Waals surface area contributed by atoms with Crippen molar-refractivity contribution < 1.29 is 28.5 Å². The summed E-state index contributed by atoms with van der Waals surface area (Å²) < 4.78 is 10.2. The lowest BCUT2D eigenvalue weighted by molar-refractivity contribution is -0.384. The molecular weight excluding hydrogens is 464 g/mol. The molecule has 3 aromatic rings. The van der Waals surface area contributed by atoms with Crippen molar-refractivity contribution in [2.24, 2.45) is 0 Å². The van der Waals surface area contributed by atoms with E-state index in [0.29, 0.717) is 18.7 Å². The molecule has 0 radical (unpaired) electrons. The molecule has 0 bridgehead atoms. The molecule has 0 saturated heterocycles. The first kappa shape index (κ1) is 24.6. The van der Waals surface area contributed by atoms with Gasteiger partial charge in [-0.1, -0.05) is 0 Å². The largest absolute Gasteiger partial charge is 0.465 e. The SMILES string of the molecule is CCN(CC)C(=O)c1sc(NC(=O)c2cc3cc([N+](=O)[O-])ccc3oc2=N)c(C(=O)OC)c1C. The highest BCUT2D eigenvalue weighted by Gasteiger charge is 2.28. The molecule has 2 heterocycles. The van der Waals surface area contributed by atoms with E-state index in [9.17, 15) is 24.5 Å². The first-order valence-electron chi connectivity index (χ1n) is 10.2. The minimum absolute atomic E-state index is 0.0382. The fourth-order valence-electron chi connectivity index (χ4n) is 3.39. The van der Waals surface area contributed by atoms with Crippen LogP contribution in [0.1, 0.15) is 49.8 Å². The number of hydrogen-bond donors (Lipinski definition) is 2. The number of hydrogen-bond acceptors (Lipinski definition) is 9. The van der Waals surface area contributed by atoms with E-state index < -0.39 is 22.4 Å². The summed E-state index contributed by atoms with van der Waals surface area (Å²) in [6.45, 7) is 6.19. The van der Waals surface area contributed by atoms with E-state index >= 15 is 0 Å². The van der Waals surface area contributed by atoms with E-state index in [0.717, 1.165) is 11.3 Å². The lowest BCUT2D eigenvalue weighted by Crippen LogP contribution is -2.30. The van der Waals surface area contributed by atoms with Gasteiger partial charge in [0.2, 0.25) is 5.55 Å². The smallest absolute Gasteiger partial charge is 0.341 e. The Balaban J connectivity index is 2.06. The fourth-order valence-corrected chi connectivity index (χ4v) is 4.55. The van der Waals surface area contributed by atoms with Gasteiger partial charge in [0.1, 0.15) is 16.1 Å². The standard InChI is InChI=1S/C22H22N4O7S/c1-5-25(6-2)21(28)17-11(3)16(22(29)32-4)20(34-17)24-19(27)14-10-12-9-13(26(30)31)7-8-15(12)33-18(14)23/h7-10,23H,5-6H2,1-4H3,(H,24,27). The molecule has 0 aliphatic heterocycles. The summed E-state index contributed by atoms with van der Waals surface area (Å²) in [5.74, 6) is -1.80. The number of nitro benzene ring substituents is 1. The predicted octanol–water partition coefficient (Wildman–Crippen LogP) is 3.71. The summed E-state index contributed by atoms with van der Waals surface area (Å²) in [7, 11) is 1.19. The van der Waals surface area contributed by atoms with Gasteiger partial charge < -0.3 is 19.4 Å². The minimum Gasteiger partial charge on any atom is -0.465 e. The molecular formula is C22H22N4O7S. The zero-order chi connectivity index (χ0) is 25.2. The minimum atomic E-state index is -0.782. The van der Waals surface area contributed by atoms with Crippen molar-refractivity contribution in [1.82, 2.24) is 4.90 Å². The van der Waals surface area contributed by atoms with Crippen molar-refractivity contribution in [2.45, 2.75) is 20.8 Å². The lowest BCUT2D eigenvalue weighted by Gasteiger charge is -2.17. The zero-order valence-electron chi connectivity index (χ0n) is 18.9. The Morgan fingerprint density at radius 1 is 1.24 bits per heavy atom. The summed E-state index contributed by atoms with van der Waals surface area (Å²) in [5, 5.41) is 22.0. The fraction of sp³-hybridized carbons (Fsp3) is 0.273. The van der Waals surface area contributed by atoms with Gasteiger partial charge in [0, 0.05) is 30.6 Å². The maximum absolute atomic E-state index is 13.0. The van der Waals surface area contributed by atoms with Gasteiger partial charge >= 0.3 is 5.97 Å². The van der Waals surface area contributed by atoms with Gasteiger partial charge in [-0.25, -0.2) is 4.79 Å². The number of thiophene rings is 1. The van der Waals surface area contributed by atoms with Gasteiger partial charge in [-0.2, -0.15) is 0 Å². The van der Waals surface area contributed by atoms with Crippen molar-refractivity contribution in [3.63, 3.8) is 0 Å². The van der Waals surface area contributed by atoms with Crippen molar-refractivity contribution in [3.8, 4) is 0 Å². The van der Waals surface area contributed by atoms with Crippen LogP contribution in [0.2, 0.25) is 0 Å². The maximum atomic E-state index is 13.0. The van der Waals surface area contributed by atoms with Gasteiger partial charge in [-0.3, -0.25) is 25.1 Å². The summed E-state index contributed by atoms with van der Waals surface area (Å²) in [6.07, 6.45) is 0. The van der Waals surface area contributed by atoms with Crippen LogP contribution < -0.4 is 10.9 Å². The zero-order valence-corrected chi connectivity index (χ0v) is 19.7. The summed E-state index contributed by atoms with van der Waals surface area (Å²) in [4.78, 5) is 50.8. The second kappa shape index (κ2) is 9.83. The van der Waals surface area contributed by atoms with E-state index in [1.807, 2.05) is 13.8 Å². The van der Waals surface area contributed by atoms with E-state index in [1.165, 1.54) is 31.4 Å². The molecule has 0 fully saturated rings. The number of ether oxygens (including phenoxy) is 1. The third kappa shape index (κ3) is 4.53. The number of nitro groups is 1. The van der Waals surface area contributed by atoms with Crippen LogP contribution in [0.25, 0.3) is 11.0 Å². The molecule has 12 heteroatoms. The van der Waals surface area contributed by atoms with Gasteiger partial charge in [-0.15, -0.1) is 11.3 Å². The number of nitrogens with one attached hydrogen (secondary N) is 2. The first-order valence-corrected chi connectivity index (χ1v) is 11.0. The molecule has 178 valence electrons. The number of methoxy groups -OCH3 is 1. The molecule has 0 aliphatic carbocycles. The number of nitrogens with zero attached hydrogens (tertiary/aromatic N) is 2. The van der Waals surface area contributed by atoms with E-state index in [1.54, 1.807) is 11.8 Å². The molecule has 11 nitrogen and oxygen atoms in total. The molecule has 34 heavy (non-hydrogen) atoms. The number of anilines is 1. The predicted molar refractivity (Wildman–Crippen MR) is 124 cm³/mol. The number of non-ortho nitro benzene ring substituents is 1. The topological polar surface area (TPSA) is 156 Å². The van der Waals surface area contributed by atoms with Crippen molar-refractivity contribution >= 4 is 50.8 Å². The Bertz CT molecular complexity index is 1370. The third-order valence-electron chi connectivity index (χ3n) is 5.21. The van der Waals surface area contributed by atoms with Gasteiger partial charge in [0.05, 0.1) is 22.5 Å². The van der Waals surface area contributed by atoms with Gasteiger partial charge in [0.15, 0.2) is 0 Å². The van der Waals surface area contributed by atoms with Crippen LogP contribution in [-0.4, -0.2) is 47.8 Å². The quantitative estimate of drug-likeness (QED) is 0.293. The number of carbonyl (C=O) groups excluding carboxylic acids is 3. The summed E-state index contributed by atoms with van der Waals surface area (Å²) >= 11 is 0.931. The van der Waals surface area contributed by atoms with Crippen molar-refractivity contribution in [1.29, 1.82) is 5.41 Å². The Morgan fingerprint density at radius 2 is 1.91 bits per heavy atom. The molecule has 2 N–H and O–H groups in total. The Labute approximate surface area is 197 Å². The molecule has 0 aliphatic rings. The number of carbonyl (C=O) groups is 3. The highest BCUT2D eigenvalue weighted by Crippen LogP contribution is 2.35. The van der Waals surface area contributed by atoms with Crippen LogP contribution in [0.15, 0.2) is 28.7 Å². The number of amides is 2. The molecule has 2 amide bonds. The number of rotatable bonds is 7. The molecule has 0 atom stereocenters. The third-order valence-corrected chi connectivity index (χ3v) is 6.41. The first-order chi connectivity index (χ1) is 16.1. The average Bonchev–Trinajstić information content (AvgIpc) is 3.13. The second-order valence-electron chi connectivity index (χ2n) is 7.15. The molecule has 0 unspecified atom stereocenters. The van der Waals surface area contributed by atoms with E-state index in [2.05, 4.69) is 5.32 Å². The van der Waals surface area contributed by atoms with E-state index in [-0.39, 0.29) is 43.6 Å². The van der Waals surface area contributed by atoms with Gasteiger partial charge in [-0.05, 0) is 38.5 Å². The van der Waals surface area contributed by atoms with Crippen LogP contribution in [0.3, 0.4) is 0 Å². The molecule has 0 spiro atoms. The van der Waals surface area contributed by atoms with Gasteiger partial charge in [0.25, 0.3) is 17.5 Å². The second-order valence-corrected chi connectivity index (χ2v) is 8.17. The molecule has 1 aromatic carbocycles. The monoisotopic (exact) mass is 486 g/mol.